The van der Waals surface area contributed by atoms with E-state index in [9.17, 15) is 0 Å². The van der Waals surface area contributed by atoms with Gasteiger partial charge in [0.05, 0.1) is 6.20 Å². The molecule has 2 aromatic rings. The number of nitrogens with two attached hydrogens (primary N) is 1. The SMILES string of the molecule is Cn1cc(CCC(N)C2COc3ccccc3O2)cn1. The van der Waals surface area contributed by atoms with Gasteiger partial charge in [-0.1, -0.05) is 12.1 Å². The molecule has 1 aromatic carbocycles. The zero-order valence-corrected chi connectivity index (χ0v) is 11.5. The van der Waals surface area contributed by atoms with Gasteiger partial charge in [0.15, 0.2) is 11.5 Å². The first kappa shape index (κ1) is 13.0. The molecular formula is C15H19N3O2. The van der Waals surface area contributed by atoms with E-state index in [4.69, 9.17) is 15.2 Å². The number of rotatable bonds is 4. The van der Waals surface area contributed by atoms with Gasteiger partial charge in [-0.3, -0.25) is 4.68 Å². The highest BCUT2D eigenvalue weighted by atomic mass is 16.6. The molecule has 2 atom stereocenters. The highest BCUT2D eigenvalue weighted by molar-refractivity contribution is 5.40. The van der Waals surface area contributed by atoms with Crippen molar-refractivity contribution in [3.63, 3.8) is 0 Å². The fraction of sp³-hybridized carbons (Fsp3) is 0.400. The summed E-state index contributed by atoms with van der Waals surface area (Å²) in [5, 5.41) is 4.16. The summed E-state index contributed by atoms with van der Waals surface area (Å²) in [7, 11) is 1.92. The maximum Gasteiger partial charge on any atom is 0.161 e. The maximum atomic E-state index is 6.23. The lowest BCUT2D eigenvalue weighted by molar-refractivity contribution is 0.0702. The van der Waals surface area contributed by atoms with Gasteiger partial charge in [0.25, 0.3) is 0 Å². The van der Waals surface area contributed by atoms with E-state index in [1.165, 1.54) is 5.56 Å². The van der Waals surface area contributed by atoms with Crippen molar-refractivity contribution in [1.82, 2.24) is 9.78 Å². The highest BCUT2D eigenvalue weighted by Crippen LogP contribution is 2.31. The Morgan fingerprint density at radius 1 is 1.40 bits per heavy atom. The third kappa shape index (κ3) is 2.77. The van der Waals surface area contributed by atoms with Crippen molar-refractivity contribution in [2.24, 2.45) is 12.8 Å². The molecule has 0 spiro atoms. The molecule has 0 fully saturated rings. The molecule has 1 aromatic heterocycles. The minimum absolute atomic E-state index is 0.0523. The van der Waals surface area contributed by atoms with Gasteiger partial charge >= 0.3 is 0 Å². The van der Waals surface area contributed by atoms with E-state index in [1.54, 1.807) is 4.68 Å². The largest absolute Gasteiger partial charge is 0.486 e. The van der Waals surface area contributed by atoms with Gasteiger partial charge in [-0.25, -0.2) is 0 Å². The molecule has 20 heavy (non-hydrogen) atoms. The van der Waals surface area contributed by atoms with E-state index in [0.29, 0.717) is 6.61 Å². The first-order valence-corrected chi connectivity index (χ1v) is 6.84. The van der Waals surface area contributed by atoms with Crippen molar-refractivity contribution in [2.75, 3.05) is 6.61 Å². The van der Waals surface area contributed by atoms with Crippen molar-refractivity contribution in [1.29, 1.82) is 0 Å². The summed E-state index contributed by atoms with van der Waals surface area (Å²) in [4.78, 5) is 0. The van der Waals surface area contributed by atoms with Gasteiger partial charge in [0.1, 0.15) is 12.7 Å². The normalized spacial score (nSPS) is 18.8. The molecule has 0 saturated carbocycles. The minimum atomic E-state index is -0.0958. The zero-order chi connectivity index (χ0) is 13.9. The summed E-state index contributed by atoms with van der Waals surface area (Å²) < 4.78 is 13.4. The number of para-hydroxylation sites is 2. The number of ether oxygens (including phenoxy) is 2. The first-order chi connectivity index (χ1) is 9.72. The van der Waals surface area contributed by atoms with Crippen LogP contribution in [0.2, 0.25) is 0 Å². The van der Waals surface area contributed by atoms with E-state index in [0.717, 1.165) is 24.3 Å². The topological polar surface area (TPSA) is 62.3 Å². The summed E-state index contributed by atoms with van der Waals surface area (Å²) in [6.07, 6.45) is 5.54. The van der Waals surface area contributed by atoms with Crippen molar-refractivity contribution in [2.45, 2.75) is 25.0 Å². The Balaban J connectivity index is 1.57. The predicted octanol–water partition coefficient (Wildman–Crippen LogP) is 1.52. The number of fused-ring (bicyclic) bond motifs is 1. The van der Waals surface area contributed by atoms with Crippen LogP contribution in [-0.2, 0) is 13.5 Å². The third-order valence-electron chi connectivity index (χ3n) is 3.53. The van der Waals surface area contributed by atoms with E-state index in [-0.39, 0.29) is 12.1 Å². The molecule has 106 valence electrons. The summed E-state index contributed by atoms with van der Waals surface area (Å²) in [6, 6.07) is 7.64. The van der Waals surface area contributed by atoms with Crippen LogP contribution in [0.4, 0.5) is 0 Å². The van der Waals surface area contributed by atoms with E-state index in [2.05, 4.69) is 5.10 Å². The van der Waals surface area contributed by atoms with Crippen LogP contribution in [0.1, 0.15) is 12.0 Å². The lowest BCUT2D eigenvalue weighted by Crippen LogP contribution is -2.45. The predicted molar refractivity (Wildman–Crippen MR) is 75.9 cm³/mol. The van der Waals surface area contributed by atoms with Gasteiger partial charge in [0.2, 0.25) is 0 Å². The fourth-order valence-corrected chi connectivity index (χ4v) is 2.37. The Hall–Kier alpha value is -2.01. The second-order valence-corrected chi connectivity index (χ2v) is 5.14. The zero-order valence-electron chi connectivity index (χ0n) is 11.5. The van der Waals surface area contributed by atoms with Crippen LogP contribution >= 0.6 is 0 Å². The lowest BCUT2D eigenvalue weighted by atomic mass is 10.0. The molecule has 0 aliphatic carbocycles. The molecule has 0 saturated heterocycles. The Morgan fingerprint density at radius 3 is 2.95 bits per heavy atom. The molecular weight excluding hydrogens is 254 g/mol. The van der Waals surface area contributed by atoms with Crippen molar-refractivity contribution >= 4 is 0 Å². The molecule has 2 heterocycles. The van der Waals surface area contributed by atoms with Gasteiger partial charge in [-0.15, -0.1) is 0 Å². The second-order valence-electron chi connectivity index (χ2n) is 5.14. The third-order valence-corrected chi connectivity index (χ3v) is 3.53. The van der Waals surface area contributed by atoms with Crippen molar-refractivity contribution in [3.05, 3.63) is 42.2 Å². The van der Waals surface area contributed by atoms with Crippen LogP contribution in [0.15, 0.2) is 36.7 Å². The Bertz CT molecular complexity index is 582. The monoisotopic (exact) mass is 273 g/mol. The molecule has 0 radical (unpaired) electrons. The summed E-state index contributed by atoms with van der Waals surface area (Å²) >= 11 is 0. The Labute approximate surface area is 118 Å². The molecule has 1 aliphatic heterocycles. The average Bonchev–Trinajstić information content (AvgIpc) is 2.90. The number of benzene rings is 1. The van der Waals surface area contributed by atoms with Crippen LogP contribution in [0.25, 0.3) is 0 Å². The summed E-state index contributed by atoms with van der Waals surface area (Å²) in [6.45, 7) is 0.505. The van der Waals surface area contributed by atoms with E-state index < -0.39 is 0 Å². The van der Waals surface area contributed by atoms with Gasteiger partial charge < -0.3 is 15.2 Å². The lowest BCUT2D eigenvalue weighted by Gasteiger charge is -2.30. The standard InChI is InChI=1S/C15H19N3O2/c1-18-9-11(8-17-18)6-7-12(16)15-10-19-13-4-2-3-5-14(13)20-15/h2-5,8-9,12,15H,6-7,10,16H2,1H3. The summed E-state index contributed by atoms with van der Waals surface area (Å²) in [5.41, 5.74) is 7.42. The fourth-order valence-electron chi connectivity index (χ4n) is 2.37. The van der Waals surface area contributed by atoms with Crippen LogP contribution < -0.4 is 15.2 Å². The molecule has 1 aliphatic rings. The minimum Gasteiger partial charge on any atom is -0.486 e. The molecule has 5 nitrogen and oxygen atoms in total. The van der Waals surface area contributed by atoms with Gasteiger partial charge in [-0.2, -0.15) is 5.10 Å². The quantitative estimate of drug-likeness (QED) is 0.917. The average molecular weight is 273 g/mol. The van der Waals surface area contributed by atoms with Crippen LogP contribution in [0.5, 0.6) is 11.5 Å². The molecule has 2 unspecified atom stereocenters. The summed E-state index contributed by atoms with van der Waals surface area (Å²) in [5.74, 6) is 1.57. The maximum absolute atomic E-state index is 6.23. The van der Waals surface area contributed by atoms with Crippen molar-refractivity contribution < 1.29 is 9.47 Å². The smallest absolute Gasteiger partial charge is 0.161 e. The molecule has 3 rings (SSSR count). The second kappa shape index (κ2) is 5.54. The van der Waals surface area contributed by atoms with E-state index >= 15 is 0 Å². The molecule has 5 heteroatoms. The molecule has 0 bridgehead atoms. The van der Waals surface area contributed by atoms with Crippen LogP contribution in [-0.4, -0.2) is 28.5 Å². The first-order valence-electron chi connectivity index (χ1n) is 6.84. The number of hydrogen-bond donors (Lipinski definition) is 1. The Kier molecular flexibility index (Phi) is 3.60. The number of aryl methyl sites for hydroxylation is 2. The number of hydrogen-bond acceptors (Lipinski definition) is 4. The number of nitrogens with zero attached hydrogens (tertiary/aromatic N) is 2. The van der Waals surface area contributed by atoms with E-state index in [1.807, 2.05) is 43.7 Å². The molecule has 0 amide bonds. The highest BCUT2D eigenvalue weighted by Gasteiger charge is 2.26. The van der Waals surface area contributed by atoms with Crippen LogP contribution in [0, 0.1) is 0 Å². The van der Waals surface area contributed by atoms with Crippen molar-refractivity contribution in [3.8, 4) is 11.5 Å². The van der Waals surface area contributed by atoms with Gasteiger partial charge in [-0.05, 0) is 30.5 Å². The van der Waals surface area contributed by atoms with Crippen LogP contribution in [0.3, 0.4) is 0 Å². The number of aromatic nitrogens is 2. The van der Waals surface area contributed by atoms with Gasteiger partial charge in [0, 0.05) is 19.3 Å². The molecule has 2 N–H and O–H groups in total. The Morgan fingerprint density at radius 2 is 2.20 bits per heavy atom.